The number of hydrogen-bond donors (Lipinski definition) is 1. The summed E-state index contributed by atoms with van der Waals surface area (Å²) in [5.74, 6) is 0.109. The Labute approximate surface area is 110 Å². The highest BCUT2D eigenvalue weighted by Crippen LogP contribution is 2.13. The van der Waals surface area contributed by atoms with Gasteiger partial charge in [-0.25, -0.2) is 0 Å². The second-order valence-electron chi connectivity index (χ2n) is 4.96. The molecule has 0 aliphatic carbocycles. The SMILES string of the molecule is CC[C@H](C)N1C=NN(C[NH+](CC)CC)C(=O)[C@H]1C. The van der Waals surface area contributed by atoms with Crippen molar-refractivity contribution in [2.24, 2.45) is 5.10 Å². The Kier molecular flexibility index (Phi) is 5.59. The summed E-state index contributed by atoms with van der Waals surface area (Å²) in [5, 5.41) is 5.93. The molecule has 0 aromatic rings. The van der Waals surface area contributed by atoms with E-state index in [1.807, 2.05) is 13.3 Å². The van der Waals surface area contributed by atoms with Gasteiger partial charge < -0.3 is 9.80 Å². The van der Waals surface area contributed by atoms with Crippen molar-refractivity contribution in [1.29, 1.82) is 0 Å². The average Bonchev–Trinajstić information content (AvgIpc) is 2.39. The van der Waals surface area contributed by atoms with Gasteiger partial charge in [-0.2, -0.15) is 10.1 Å². The molecular formula is C13H27N4O+. The minimum Gasteiger partial charge on any atom is -0.347 e. The third-order valence-electron chi connectivity index (χ3n) is 3.86. The highest BCUT2D eigenvalue weighted by atomic mass is 16.2. The monoisotopic (exact) mass is 255 g/mol. The van der Waals surface area contributed by atoms with Gasteiger partial charge in [0.15, 0.2) is 6.67 Å². The Hall–Kier alpha value is -1.10. The van der Waals surface area contributed by atoms with Gasteiger partial charge in [0, 0.05) is 6.04 Å². The van der Waals surface area contributed by atoms with Gasteiger partial charge in [-0.05, 0) is 34.1 Å². The van der Waals surface area contributed by atoms with Gasteiger partial charge in [-0.1, -0.05) is 6.92 Å². The summed E-state index contributed by atoms with van der Waals surface area (Å²) in [7, 11) is 0. The Bertz CT molecular complexity index is 301. The smallest absolute Gasteiger partial charge is 0.269 e. The van der Waals surface area contributed by atoms with Crippen LogP contribution in [0.15, 0.2) is 5.10 Å². The molecule has 0 spiro atoms. The van der Waals surface area contributed by atoms with Crippen molar-refractivity contribution in [3.63, 3.8) is 0 Å². The number of nitrogens with one attached hydrogen (secondary N) is 1. The molecule has 1 aliphatic rings. The van der Waals surface area contributed by atoms with E-state index in [4.69, 9.17) is 0 Å². The lowest BCUT2D eigenvalue weighted by atomic mass is 10.1. The topological polar surface area (TPSA) is 40.4 Å². The third-order valence-corrected chi connectivity index (χ3v) is 3.86. The van der Waals surface area contributed by atoms with Gasteiger partial charge in [-0.15, -0.1) is 0 Å². The minimum absolute atomic E-state index is 0.104. The lowest BCUT2D eigenvalue weighted by Gasteiger charge is -2.37. The fourth-order valence-corrected chi connectivity index (χ4v) is 2.13. The molecule has 0 fully saturated rings. The summed E-state index contributed by atoms with van der Waals surface area (Å²) in [6, 6.07) is 0.253. The number of nitrogens with zero attached hydrogens (tertiary/aromatic N) is 3. The minimum atomic E-state index is -0.104. The number of rotatable bonds is 6. The number of carbonyl (C=O) groups is 1. The van der Waals surface area contributed by atoms with Crippen LogP contribution < -0.4 is 4.90 Å². The van der Waals surface area contributed by atoms with Gasteiger partial charge in [0.2, 0.25) is 0 Å². The van der Waals surface area contributed by atoms with Crippen LogP contribution in [0.5, 0.6) is 0 Å². The first-order valence-corrected chi connectivity index (χ1v) is 7.01. The van der Waals surface area contributed by atoms with E-state index < -0.39 is 0 Å². The largest absolute Gasteiger partial charge is 0.347 e. The number of hydrogen-bond acceptors (Lipinski definition) is 3. The van der Waals surface area contributed by atoms with Crippen LogP contribution in [-0.4, -0.2) is 54.0 Å². The molecule has 0 unspecified atom stereocenters. The van der Waals surface area contributed by atoms with Crippen LogP contribution >= 0.6 is 0 Å². The molecule has 104 valence electrons. The second kappa shape index (κ2) is 6.73. The first-order chi connectivity index (χ1) is 8.54. The zero-order valence-corrected chi connectivity index (χ0v) is 12.3. The molecule has 0 aromatic heterocycles. The highest BCUT2D eigenvalue weighted by Gasteiger charge is 2.32. The summed E-state index contributed by atoms with van der Waals surface area (Å²) in [6.45, 7) is 13.2. The maximum absolute atomic E-state index is 12.3. The normalized spacial score (nSPS) is 21.9. The van der Waals surface area contributed by atoms with Crippen molar-refractivity contribution >= 4 is 12.2 Å². The van der Waals surface area contributed by atoms with E-state index in [0.717, 1.165) is 19.5 Å². The van der Waals surface area contributed by atoms with E-state index in [2.05, 4.69) is 37.7 Å². The van der Waals surface area contributed by atoms with Gasteiger partial charge in [0.1, 0.15) is 12.4 Å². The van der Waals surface area contributed by atoms with Crippen LogP contribution in [-0.2, 0) is 4.79 Å². The van der Waals surface area contributed by atoms with E-state index >= 15 is 0 Å². The molecule has 2 atom stereocenters. The summed E-state index contributed by atoms with van der Waals surface area (Å²) >= 11 is 0. The standard InChI is InChI=1S/C13H26N4O/c1-6-11(4)16-9-14-17(13(18)12(16)5)10-15(7-2)8-3/h9,11-12H,6-8,10H2,1-5H3/p+1/t11-,12+/m0/s1. The van der Waals surface area contributed by atoms with Crippen LogP contribution in [0, 0.1) is 0 Å². The van der Waals surface area contributed by atoms with Crippen molar-refractivity contribution in [3.05, 3.63) is 0 Å². The summed E-state index contributed by atoms with van der Waals surface area (Å²) in [5.41, 5.74) is 0. The number of amides is 1. The number of carbonyl (C=O) groups excluding carboxylic acids is 1. The zero-order chi connectivity index (χ0) is 13.7. The Morgan fingerprint density at radius 2 is 2.00 bits per heavy atom. The van der Waals surface area contributed by atoms with Crippen molar-refractivity contribution in [1.82, 2.24) is 9.91 Å². The molecule has 0 bridgehead atoms. The first kappa shape index (κ1) is 15.0. The molecule has 5 nitrogen and oxygen atoms in total. The average molecular weight is 255 g/mol. The van der Waals surface area contributed by atoms with Crippen molar-refractivity contribution in [2.75, 3.05) is 19.8 Å². The maximum atomic E-state index is 12.3. The van der Waals surface area contributed by atoms with Gasteiger partial charge in [0.25, 0.3) is 5.91 Å². The maximum Gasteiger partial charge on any atom is 0.269 e. The predicted molar refractivity (Wildman–Crippen MR) is 73.3 cm³/mol. The van der Waals surface area contributed by atoms with E-state index in [0.29, 0.717) is 12.7 Å². The summed E-state index contributed by atoms with van der Waals surface area (Å²) < 4.78 is 0. The number of hydrazone groups is 1. The molecule has 0 aromatic carbocycles. The molecule has 1 aliphatic heterocycles. The molecule has 1 amide bonds. The van der Waals surface area contributed by atoms with Gasteiger partial charge >= 0.3 is 0 Å². The van der Waals surface area contributed by atoms with Crippen molar-refractivity contribution < 1.29 is 9.69 Å². The molecule has 1 heterocycles. The third kappa shape index (κ3) is 3.22. The van der Waals surface area contributed by atoms with Crippen molar-refractivity contribution in [3.8, 4) is 0 Å². The van der Waals surface area contributed by atoms with Crippen LogP contribution in [0.2, 0.25) is 0 Å². The fourth-order valence-electron chi connectivity index (χ4n) is 2.13. The van der Waals surface area contributed by atoms with E-state index in [-0.39, 0.29) is 11.9 Å². The highest BCUT2D eigenvalue weighted by molar-refractivity contribution is 5.86. The first-order valence-electron chi connectivity index (χ1n) is 7.01. The van der Waals surface area contributed by atoms with E-state index in [9.17, 15) is 4.79 Å². The lowest BCUT2D eigenvalue weighted by Crippen LogP contribution is -3.13. The fraction of sp³-hybridized carbons (Fsp3) is 0.846. The molecule has 1 N–H and O–H groups in total. The van der Waals surface area contributed by atoms with Crippen LogP contribution in [0.25, 0.3) is 0 Å². The second-order valence-corrected chi connectivity index (χ2v) is 4.96. The van der Waals surface area contributed by atoms with Crippen LogP contribution in [0.1, 0.15) is 41.0 Å². The Balaban J connectivity index is 2.72. The van der Waals surface area contributed by atoms with Gasteiger partial charge in [0.05, 0.1) is 13.1 Å². The summed E-state index contributed by atoms with van der Waals surface area (Å²) in [6.07, 6.45) is 2.84. The molecule has 5 heteroatoms. The summed E-state index contributed by atoms with van der Waals surface area (Å²) in [4.78, 5) is 15.7. The molecule has 0 saturated carbocycles. The molecule has 0 saturated heterocycles. The quantitative estimate of drug-likeness (QED) is 0.733. The molecule has 18 heavy (non-hydrogen) atoms. The van der Waals surface area contributed by atoms with Crippen molar-refractivity contribution in [2.45, 2.75) is 53.1 Å². The molecular weight excluding hydrogens is 228 g/mol. The number of quaternary nitrogens is 1. The molecule has 1 rings (SSSR count). The Morgan fingerprint density at radius 1 is 1.39 bits per heavy atom. The Morgan fingerprint density at radius 3 is 2.50 bits per heavy atom. The van der Waals surface area contributed by atoms with E-state index in [1.54, 1.807) is 5.01 Å². The lowest BCUT2D eigenvalue weighted by molar-refractivity contribution is -0.905. The zero-order valence-electron chi connectivity index (χ0n) is 12.3. The predicted octanol–water partition coefficient (Wildman–Crippen LogP) is 0.143. The van der Waals surface area contributed by atoms with Crippen LogP contribution in [0.3, 0.4) is 0 Å². The molecule has 0 radical (unpaired) electrons. The van der Waals surface area contributed by atoms with Gasteiger partial charge in [-0.3, -0.25) is 4.79 Å². The van der Waals surface area contributed by atoms with E-state index in [1.165, 1.54) is 4.90 Å². The van der Waals surface area contributed by atoms with Crippen LogP contribution in [0.4, 0.5) is 0 Å².